The molecule has 4 nitrogen and oxygen atoms in total. The quantitative estimate of drug-likeness (QED) is 0.822. The molecule has 0 aromatic heterocycles. The van der Waals surface area contributed by atoms with Gasteiger partial charge in [0.05, 0.1) is 0 Å². The van der Waals surface area contributed by atoms with Crippen LogP contribution in [-0.2, 0) is 4.79 Å². The van der Waals surface area contributed by atoms with Crippen molar-refractivity contribution in [3.8, 4) is 5.75 Å². The van der Waals surface area contributed by atoms with Crippen LogP contribution in [-0.4, -0.2) is 38.4 Å². The molecule has 0 bridgehead atoms. The second-order valence-electron chi connectivity index (χ2n) is 6.57. The third-order valence-electron chi connectivity index (χ3n) is 4.40. The fourth-order valence-corrected chi connectivity index (χ4v) is 2.95. The molecule has 4 heteroatoms. The van der Waals surface area contributed by atoms with Crippen molar-refractivity contribution in [3.05, 3.63) is 64.7 Å². The number of rotatable bonds is 6. The Labute approximate surface area is 149 Å². The van der Waals surface area contributed by atoms with Gasteiger partial charge in [0.2, 0.25) is 0 Å². The van der Waals surface area contributed by atoms with Gasteiger partial charge >= 0.3 is 0 Å². The van der Waals surface area contributed by atoms with E-state index in [2.05, 4.69) is 29.3 Å². The molecular weight excluding hydrogens is 312 g/mol. The maximum atomic E-state index is 11.5. The Kier molecular flexibility index (Phi) is 5.19. The zero-order chi connectivity index (χ0) is 17.8. The molecule has 0 radical (unpaired) electrons. The van der Waals surface area contributed by atoms with Gasteiger partial charge in [0.1, 0.15) is 24.7 Å². The van der Waals surface area contributed by atoms with Gasteiger partial charge < -0.3 is 19.7 Å². The van der Waals surface area contributed by atoms with Gasteiger partial charge in [0.15, 0.2) is 0 Å². The highest BCUT2D eigenvalue weighted by molar-refractivity contribution is 5.88. The molecule has 0 spiro atoms. The van der Waals surface area contributed by atoms with Crippen LogP contribution in [0.4, 0.5) is 0 Å². The fourth-order valence-electron chi connectivity index (χ4n) is 2.95. The van der Waals surface area contributed by atoms with E-state index in [-0.39, 0.29) is 6.04 Å². The second-order valence-corrected chi connectivity index (χ2v) is 6.57. The molecule has 1 atom stereocenters. The van der Waals surface area contributed by atoms with Crippen molar-refractivity contribution >= 4 is 18.1 Å². The molecule has 1 heterocycles. The van der Waals surface area contributed by atoms with Crippen LogP contribution in [0.1, 0.15) is 28.3 Å². The van der Waals surface area contributed by atoms with E-state index in [0.29, 0.717) is 6.61 Å². The molecule has 2 aromatic carbocycles. The van der Waals surface area contributed by atoms with Gasteiger partial charge in [-0.2, -0.15) is 0 Å². The molecule has 0 fully saturated rings. The minimum absolute atomic E-state index is 0.314. The number of fused-ring (bicyclic) bond motifs is 1. The van der Waals surface area contributed by atoms with E-state index >= 15 is 0 Å². The zero-order valence-electron chi connectivity index (χ0n) is 15.0. The molecule has 1 aliphatic rings. The number of carbonyl (C=O) groups excluding carboxylic acids is 1. The van der Waals surface area contributed by atoms with Crippen LogP contribution in [0.25, 0.3) is 11.8 Å². The third-order valence-corrected chi connectivity index (χ3v) is 4.40. The van der Waals surface area contributed by atoms with Gasteiger partial charge in [0, 0.05) is 12.2 Å². The van der Waals surface area contributed by atoms with Crippen molar-refractivity contribution < 1.29 is 9.53 Å². The van der Waals surface area contributed by atoms with Crippen molar-refractivity contribution in [2.75, 3.05) is 27.2 Å². The molecule has 25 heavy (non-hydrogen) atoms. The first-order valence-corrected chi connectivity index (χ1v) is 8.49. The van der Waals surface area contributed by atoms with E-state index in [1.807, 2.05) is 50.5 Å². The predicted octanol–water partition coefficient (Wildman–Crippen LogP) is 3.28. The van der Waals surface area contributed by atoms with Crippen LogP contribution in [0.3, 0.4) is 0 Å². The highest BCUT2D eigenvalue weighted by Crippen LogP contribution is 2.31. The van der Waals surface area contributed by atoms with Crippen LogP contribution >= 0.6 is 0 Å². The number of ether oxygens (including phenoxy) is 1. The number of aryl methyl sites for hydroxylation is 1. The highest BCUT2D eigenvalue weighted by Gasteiger charge is 2.21. The minimum atomic E-state index is -0.314. The Morgan fingerprint density at radius 2 is 1.92 bits per heavy atom. The maximum Gasteiger partial charge on any atom is 0.146 e. The van der Waals surface area contributed by atoms with Crippen LogP contribution in [0.5, 0.6) is 5.75 Å². The largest absolute Gasteiger partial charge is 0.492 e. The average molecular weight is 336 g/mol. The molecule has 1 aliphatic heterocycles. The summed E-state index contributed by atoms with van der Waals surface area (Å²) in [6.07, 6.45) is 3.08. The van der Waals surface area contributed by atoms with Crippen molar-refractivity contribution in [1.29, 1.82) is 0 Å². The SMILES string of the molecule is Cc1cccc2c1C=C(c1ccc(OCCN(C)C)cc1)NC2C=O. The predicted molar refractivity (Wildman–Crippen MR) is 101 cm³/mol. The summed E-state index contributed by atoms with van der Waals surface area (Å²) in [6, 6.07) is 13.7. The summed E-state index contributed by atoms with van der Waals surface area (Å²) in [6.45, 7) is 3.61. The number of benzene rings is 2. The molecular formula is C21H24N2O2. The van der Waals surface area contributed by atoms with E-state index < -0.39 is 0 Å². The lowest BCUT2D eigenvalue weighted by Crippen LogP contribution is -2.25. The summed E-state index contributed by atoms with van der Waals surface area (Å²) in [5.74, 6) is 0.852. The minimum Gasteiger partial charge on any atom is -0.492 e. The zero-order valence-corrected chi connectivity index (χ0v) is 15.0. The Bertz CT molecular complexity index is 779. The third kappa shape index (κ3) is 3.91. The lowest BCUT2D eigenvalue weighted by atomic mass is 9.91. The standard InChI is InChI=1S/C21H24N2O2/c1-15-5-4-6-18-19(15)13-20(22-21(18)14-24)16-7-9-17(10-8-16)25-12-11-23(2)3/h4-10,13-14,21-22H,11-12H2,1-3H3. The highest BCUT2D eigenvalue weighted by atomic mass is 16.5. The number of nitrogens with one attached hydrogen (secondary N) is 1. The van der Waals surface area contributed by atoms with Crippen LogP contribution < -0.4 is 10.1 Å². The number of aldehydes is 1. The second kappa shape index (κ2) is 7.53. The summed E-state index contributed by atoms with van der Waals surface area (Å²) in [7, 11) is 4.05. The summed E-state index contributed by atoms with van der Waals surface area (Å²) >= 11 is 0. The number of hydrogen-bond acceptors (Lipinski definition) is 4. The van der Waals surface area contributed by atoms with Gasteiger partial charge in [-0.15, -0.1) is 0 Å². The molecule has 0 saturated heterocycles. The molecule has 0 amide bonds. The van der Waals surface area contributed by atoms with E-state index in [1.165, 1.54) is 5.56 Å². The summed E-state index contributed by atoms with van der Waals surface area (Å²) in [5.41, 5.74) is 5.33. The van der Waals surface area contributed by atoms with Crippen molar-refractivity contribution in [1.82, 2.24) is 10.2 Å². The van der Waals surface area contributed by atoms with Gasteiger partial charge in [-0.25, -0.2) is 0 Å². The number of hydrogen-bond donors (Lipinski definition) is 1. The first-order valence-electron chi connectivity index (χ1n) is 8.49. The first-order chi connectivity index (χ1) is 12.1. The Hall–Kier alpha value is -2.59. The average Bonchev–Trinajstić information content (AvgIpc) is 2.61. The van der Waals surface area contributed by atoms with Crippen molar-refractivity contribution in [3.63, 3.8) is 0 Å². The van der Waals surface area contributed by atoms with Gasteiger partial charge in [0.25, 0.3) is 0 Å². The molecule has 2 aromatic rings. The van der Waals surface area contributed by atoms with E-state index in [1.54, 1.807) is 0 Å². The topological polar surface area (TPSA) is 41.6 Å². The Morgan fingerprint density at radius 1 is 1.16 bits per heavy atom. The molecule has 0 aliphatic carbocycles. The summed E-state index contributed by atoms with van der Waals surface area (Å²) in [5, 5.41) is 3.33. The van der Waals surface area contributed by atoms with Crippen molar-refractivity contribution in [2.45, 2.75) is 13.0 Å². The summed E-state index contributed by atoms with van der Waals surface area (Å²) in [4.78, 5) is 13.6. The van der Waals surface area contributed by atoms with Crippen molar-refractivity contribution in [2.24, 2.45) is 0 Å². The normalized spacial score (nSPS) is 16.0. The monoisotopic (exact) mass is 336 g/mol. The lowest BCUT2D eigenvalue weighted by Gasteiger charge is -2.25. The van der Waals surface area contributed by atoms with Crippen LogP contribution in [0, 0.1) is 6.92 Å². The molecule has 0 saturated carbocycles. The first kappa shape index (κ1) is 17.2. The molecule has 3 rings (SSSR count). The lowest BCUT2D eigenvalue weighted by molar-refractivity contribution is -0.109. The van der Waals surface area contributed by atoms with Gasteiger partial charge in [-0.3, -0.25) is 0 Å². The summed E-state index contributed by atoms with van der Waals surface area (Å²) < 4.78 is 5.74. The smallest absolute Gasteiger partial charge is 0.146 e. The maximum absolute atomic E-state index is 11.5. The molecule has 1 unspecified atom stereocenters. The fraction of sp³-hybridized carbons (Fsp3) is 0.286. The Morgan fingerprint density at radius 3 is 2.60 bits per heavy atom. The van der Waals surface area contributed by atoms with Gasteiger partial charge in [-0.05, 0) is 73.6 Å². The number of likely N-dealkylation sites (N-methyl/N-ethyl adjacent to an activating group) is 1. The van der Waals surface area contributed by atoms with Crippen LogP contribution in [0.15, 0.2) is 42.5 Å². The molecule has 130 valence electrons. The van der Waals surface area contributed by atoms with Gasteiger partial charge in [-0.1, -0.05) is 18.2 Å². The Balaban J connectivity index is 1.82. The van der Waals surface area contributed by atoms with Crippen LogP contribution in [0.2, 0.25) is 0 Å². The van der Waals surface area contributed by atoms with E-state index in [4.69, 9.17) is 4.74 Å². The molecule has 1 N–H and O–H groups in total. The van der Waals surface area contributed by atoms with E-state index in [9.17, 15) is 4.79 Å². The number of carbonyl (C=O) groups is 1. The number of nitrogens with zero attached hydrogens (tertiary/aromatic N) is 1. The van der Waals surface area contributed by atoms with E-state index in [0.717, 1.165) is 41.0 Å².